The predicted octanol–water partition coefficient (Wildman–Crippen LogP) is 3.61. The topological polar surface area (TPSA) is 81.1 Å². The van der Waals surface area contributed by atoms with Gasteiger partial charge in [0.15, 0.2) is 9.84 Å². The number of benzene rings is 3. The van der Waals surface area contributed by atoms with Gasteiger partial charge in [-0.1, -0.05) is 54.6 Å². The fourth-order valence-electron chi connectivity index (χ4n) is 3.78. The van der Waals surface area contributed by atoms with Gasteiger partial charge in [0.25, 0.3) is 0 Å². The molecular formula is C23H23N3O3S. The minimum absolute atomic E-state index is 0.000469. The number of para-hydroxylation sites is 2. The first kappa shape index (κ1) is 20.1. The predicted molar refractivity (Wildman–Crippen MR) is 119 cm³/mol. The lowest BCUT2D eigenvalue weighted by atomic mass is 10.00. The van der Waals surface area contributed by atoms with Crippen molar-refractivity contribution in [3.8, 4) is 0 Å². The van der Waals surface area contributed by atoms with Gasteiger partial charge >= 0.3 is 0 Å². The number of nitrogens with zero attached hydrogens (tertiary/aromatic N) is 2. The molecule has 0 fully saturated rings. The second-order valence-electron chi connectivity index (χ2n) is 7.53. The molecular weight excluding hydrogens is 398 g/mol. The lowest BCUT2D eigenvalue weighted by Gasteiger charge is -2.17. The zero-order chi connectivity index (χ0) is 21.3. The van der Waals surface area contributed by atoms with Crippen molar-refractivity contribution >= 4 is 37.6 Å². The highest BCUT2D eigenvalue weighted by Crippen LogP contribution is 2.24. The Morgan fingerprint density at radius 1 is 1.03 bits per heavy atom. The van der Waals surface area contributed by atoms with Crippen LogP contribution in [0.25, 0.3) is 21.8 Å². The van der Waals surface area contributed by atoms with Crippen LogP contribution < -0.4 is 5.32 Å². The number of nitrogens with one attached hydrogen (secondary N) is 1. The minimum atomic E-state index is -3.29. The van der Waals surface area contributed by atoms with Gasteiger partial charge in [-0.05, 0) is 35.4 Å². The highest BCUT2D eigenvalue weighted by atomic mass is 32.2. The van der Waals surface area contributed by atoms with Crippen molar-refractivity contribution in [2.45, 2.75) is 25.3 Å². The molecule has 1 heterocycles. The minimum Gasteiger partial charge on any atom is -0.348 e. The Labute approximate surface area is 175 Å². The van der Waals surface area contributed by atoms with Crippen LogP contribution in [-0.4, -0.2) is 30.1 Å². The van der Waals surface area contributed by atoms with E-state index >= 15 is 0 Å². The summed E-state index contributed by atoms with van der Waals surface area (Å²) in [6.07, 6.45) is 1.17. The Hall–Kier alpha value is -3.19. The maximum absolute atomic E-state index is 12.9. The second kappa shape index (κ2) is 7.91. The summed E-state index contributed by atoms with van der Waals surface area (Å²) in [4.78, 5) is 17.3. The summed E-state index contributed by atoms with van der Waals surface area (Å²) in [5.74, 6) is -0.0478. The maximum atomic E-state index is 12.9. The van der Waals surface area contributed by atoms with Crippen molar-refractivity contribution in [2.75, 3.05) is 6.26 Å². The first-order valence-electron chi connectivity index (χ1n) is 9.71. The van der Waals surface area contributed by atoms with Crippen LogP contribution in [0.5, 0.6) is 0 Å². The number of hydrogen-bond acceptors (Lipinski definition) is 4. The van der Waals surface area contributed by atoms with E-state index in [0.717, 1.165) is 21.9 Å². The van der Waals surface area contributed by atoms with Crippen molar-refractivity contribution in [2.24, 2.45) is 0 Å². The normalized spacial score (nSPS) is 12.9. The van der Waals surface area contributed by atoms with Gasteiger partial charge < -0.3 is 9.88 Å². The third kappa shape index (κ3) is 4.21. The SMILES string of the molecule is C[C@H](NC(=O)Cn1c(CS(C)(=O)=O)nc2ccccc21)c1cccc2ccccc12. The van der Waals surface area contributed by atoms with E-state index in [-0.39, 0.29) is 24.2 Å². The average Bonchev–Trinajstić information content (AvgIpc) is 3.02. The molecule has 4 rings (SSSR count). The zero-order valence-electron chi connectivity index (χ0n) is 16.9. The summed E-state index contributed by atoms with van der Waals surface area (Å²) in [5, 5.41) is 5.26. The van der Waals surface area contributed by atoms with Crippen molar-refractivity contribution in [1.82, 2.24) is 14.9 Å². The molecule has 0 aliphatic rings. The molecule has 0 saturated heterocycles. The van der Waals surface area contributed by atoms with Crippen molar-refractivity contribution in [3.05, 3.63) is 78.1 Å². The highest BCUT2D eigenvalue weighted by Gasteiger charge is 2.19. The van der Waals surface area contributed by atoms with E-state index in [9.17, 15) is 13.2 Å². The zero-order valence-corrected chi connectivity index (χ0v) is 17.7. The summed E-state index contributed by atoms with van der Waals surface area (Å²) in [7, 11) is -3.29. The molecule has 1 atom stereocenters. The van der Waals surface area contributed by atoms with Crippen LogP contribution in [-0.2, 0) is 26.9 Å². The third-order valence-electron chi connectivity index (χ3n) is 5.09. The number of imidazole rings is 1. The van der Waals surface area contributed by atoms with Gasteiger partial charge in [0.1, 0.15) is 18.1 Å². The number of aromatic nitrogens is 2. The number of carbonyl (C=O) groups excluding carboxylic acids is 1. The molecule has 4 aromatic rings. The quantitative estimate of drug-likeness (QED) is 0.516. The number of sulfone groups is 1. The smallest absolute Gasteiger partial charge is 0.240 e. The van der Waals surface area contributed by atoms with Crippen LogP contribution in [0.15, 0.2) is 66.7 Å². The van der Waals surface area contributed by atoms with Crippen molar-refractivity contribution in [3.63, 3.8) is 0 Å². The Balaban J connectivity index is 1.61. The van der Waals surface area contributed by atoms with E-state index in [1.807, 2.05) is 73.7 Å². The molecule has 1 amide bonds. The van der Waals surface area contributed by atoms with Gasteiger partial charge in [0.2, 0.25) is 5.91 Å². The van der Waals surface area contributed by atoms with Crippen LogP contribution in [0.4, 0.5) is 0 Å². The third-order valence-corrected chi connectivity index (χ3v) is 5.88. The molecule has 1 aromatic heterocycles. The number of amides is 1. The molecule has 0 spiro atoms. The van der Waals surface area contributed by atoms with Gasteiger partial charge in [0, 0.05) is 6.26 Å². The van der Waals surface area contributed by atoms with Crippen LogP contribution >= 0.6 is 0 Å². The lowest BCUT2D eigenvalue weighted by molar-refractivity contribution is -0.122. The van der Waals surface area contributed by atoms with E-state index in [1.54, 1.807) is 4.57 Å². The van der Waals surface area contributed by atoms with Gasteiger partial charge in [-0.15, -0.1) is 0 Å². The van der Waals surface area contributed by atoms with Gasteiger partial charge in [-0.3, -0.25) is 4.79 Å². The molecule has 0 aliphatic carbocycles. The van der Waals surface area contributed by atoms with Gasteiger partial charge in [-0.25, -0.2) is 13.4 Å². The number of fused-ring (bicyclic) bond motifs is 2. The van der Waals surface area contributed by atoms with E-state index in [4.69, 9.17) is 0 Å². The van der Waals surface area contributed by atoms with Crippen molar-refractivity contribution in [1.29, 1.82) is 0 Å². The fourth-order valence-corrected chi connectivity index (χ4v) is 4.47. The number of rotatable bonds is 6. The monoisotopic (exact) mass is 421 g/mol. The van der Waals surface area contributed by atoms with Crippen LogP contribution in [0.2, 0.25) is 0 Å². The summed E-state index contributed by atoms with van der Waals surface area (Å²) >= 11 is 0. The Kier molecular flexibility index (Phi) is 5.30. The Morgan fingerprint density at radius 2 is 1.73 bits per heavy atom. The van der Waals surface area contributed by atoms with Gasteiger partial charge in [0.05, 0.1) is 17.1 Å². The van der Waals surface area contributed by atoms with Crippen LogP contribution in [0, 0.1) is 0 Å². The first-order chi connectivity index (χ1) is 14.3. The summed E-state index contributed by atoms with van der Waals surface area (Å²) in [5.41, 5.74) is 2.45. The molecule has 0 bridgehead atoms. The molecule has 0 saturated carbocycles. The second-order valence-corrected chi connectivity index (χ2v) is 9.67. The molecule has 6 nitrogen and oxygen atoms in total. The molecule has 1 N–H and O–H groups in total. The average molecular weight is 422 g/mol. The first-order valence-corrected chi connectivity index (χ1v) is 11.8. The fraction of sp³-hybridized carbons (Fsp3) is 0.217. The van der Waals surface area contributed by atoms with E-state index in [0.29, 0.717) is 11.3 Å². The molecule has 0 radical (unpaired) electrons. The van der Waals surface area contributed by atoms with E-state index in [2.05, 4.69) is 10.3 Å². The summed E-state index contributed by atoms with van der Waals surface area (Å²) in [6.45, 7) is 1.95. The lowest BCUT2D eigenvalue weighted by Crippen LogP contribution is -2.31. The van der Waals surface area contributed by atoms with E-state index < -0.39 is 9.84 Å². The maximum Gasteiger partial charge on any atom is 0.240 e. The van der Waals surface area contributed by atoms with Crippen LogP contribution in [0.3, 0.4) is 0 Å². The number of carbonyl (C=O) groups is 1. The summed E-state index contributed by atoms with van der Waals surface area (Å²) < 4.78 is 25.4. The molecule has 154 valence electrons. The molecule has 0 aliphatic heterocycles. The molecule has 7 heteroatoms. The highest BCUT2D eigenvalue weighted by molar-refractivity contribution is 7.89. The van der Waals surface area contributed by atoms with Gasteiger partial charge in [-0.2, -0.15) is 0 Å². The molecule has 30 heavy (non-hydrogen) atoms. The Morgan fingerprint density at radius 3 is 2.53 bits per heavy atom. The standard InChI is InChI=1S/C23H23N3O3S/c1-16(18-11-7-9-17-8-3-4-10-19(17)18)24-23(27)14-26-21-13-6-5-12-20(21)25-22(26)15-30(2,28)29/h3-13,16H,14-15H2,1-2H3,(H,24,27)/t16-/m0/s1. The van der Waals surface area contributed by atoms with Crippen LogP contribution in [0.1, 0.15) is 24.4 Å². The molecule has 3 aromatic carbocycles. The van der Waals surface area contributed by atoms with E-state index in [1.165, 1.54) is 6.26 Å². The summed E-state index contributed by atoms with van der Waals surface area (Å²) in [6, 6.07) is 21.2. The number of hydrogen-bond donors (Lipinski definition) is 1. The van der Waals surface area contributed by atoms with Crippen molar-refractivity contribution < 1.29 is 13.2 Å². The molecule has 0 unspecified atom stereocenters. The Bertz CT molecular complexity index is 1340. The largest absolute Gasteiger partial charge is 0.348 e.